The van der Waals surface area contributed by atoms with Crippen molar-refractivity contribution in [3.05, 3.63) is 65.9 Å². The first-order valence-corrected chi connectivity index (χ1v) is 9.73. The molecule has 0 aliphatic carbocycles. The molecular formula is C23H27N3O2. The van der Waals surface area contributed by atoms with Crippen LogP contribution in [0.15, 0.2) is 54.7 Å². The normalized spacial score (nSPS) is 12.1. The average Bonchev–Trinajstić information content (AvgIpc) is 3.11. The van der Waals surface area contributed by atoms with Gasteiger partial charge in [0.1, 0.15) is 6.04 Å². The molecule has 3 aromatic rings. The van der Waals surface area contributed by atoms with Crippen molar-refractivity contribution in [3.63, 3.8) is 0 Å². The lowest BCUT2D eigenvalue weighted by Crippen LogP contribution is -2.46. The predicted molar refractivity (Wildman–Crippen MR) is 113 cm³/mol. The van der Waals surface area contributed by atoms with Crippen LogP contribution in [0.3, 0.4) is 0 Å². The zero-order valence-corrected chi connectivity index (χ0v) is 16.6. The lowest BCUT2D eigenvalue weighted by Gasteiger charge is -2.20. The highest BCUT2D eigenvalue weighted by Crippen LogP contribution is 2.20. The first-order chi connectivity index (χ1) is 13.5. The molecule has 0 saturated heterocycles. The monoisotopic (exact) mass is 377 g/mol. The molecule has 0 aliphatic rings. The minimum atomic E-state index is -0.653. The minimum absolute atomic E-state index is 0.138. The second-order valence-corrected chi connectivity index (χ2v) is 7.32. The molecule has 1 atom stereocenters. The highest BCUT2D eigenvalue weighted by Gasteiger charge is 2.23. The third kappa shape index (κ3) is 4.60. The summed E-state index contributed by atoms with van der Waals surface area (Å²) in [4.78, 5) is 28.5. The van der Waals surface area contributed by atoms with Crippen LogP contribution in [-0.4, -0.2) is 22.8 Å². The van der Waals surface area contributed by atoms with Gasteiger partial charge in [0, 0.05) is 35.1 Å². The van der Waals surface area contributed by atoms with Gasteiger partial charge in [-0.2, -0.15) is 0 Å². The van der Waals surface area contributed by atoms with E-state index in [2.05, 4.69) is 22.5 Å². The van der Waals surface area contributed by atoms with Gasteiger partial charge in [-0.3, -0.25) is 9.59 Å². The van der Waals surface area contributed by atoms with Crippen LogP contribution in [-0.2, 0) is 22.4 Å². The van der Waals surface area contributed by atoms with Crippen LogP contribution in [0, 0.1) is 5.92 Å². The van der Waals surface area contributed by atoms with Crippen molar-refractivity contribution in [3.8, 4) is 0 Å². The highest BCUT2D eigenvalue weighted by atomic mass is 16.2. The van der Waals surface area contributed by atoms with Crippen LogP contribution < -0.4 is 10.6 Å². The fourth-order valence-electron chi connectivity index (χ4n) is 3.12. The lowest BCUT2D eigenvalue weighted by molar-refractivity contribution is -0.128. The maximum atomic E-state index is 13.0. The third-order valence-electron chi connectivity index (χ3n) is 4.89. The van der Waals surface area contributed by atoms with Crippen molar-refractivity contribution in [2.75, 3.05) is 5.32 Å². The Balaban J connectivity index is 1.80. The van der Waals surface area contributed by atoms with E-state index < -0.39 is 6.04 Å². The third-order valence-corrected chi connectivity index (χ3v) is 4.89. The Bertz CT molecular complexity index is 957. The fourth-order valence-corrected chi connectivity index (χ4v) is 3.12. The Morgan fingerprint density at radius 3 is 2.39 bits per heavy atom. The van der Waals surface area contributed by atoms with Gasteiger partial charge in [0.2, 0.25) is 11.8 Å². The number of anilines is 1. The molecule has 0 radical (unpaired) electrons. The number of aromatic amines is 1. The molecular weight excluding hydrogens is 350 g/mol. The quantitative estimate of drug-likeness (QED) is 0.581. The number of aryl methyl sites for hydroxylation is 1. The number of carbonyl (C=O) groups excluding carboxylic acids is 2. The van der Waals surface area contributed by atoms with Gasteiger partial charge in [-0.1, -0.05) is 51.1 Å². The van der Waals surface area contributed by atoms with Gasteiger partial charge in [0.15, 0.2) is 0 Å². The summed E-state index contributed by atoms with van der Waals surface area (Å²) in [5.74, 6) is -0.549. The Labute approximate surface area is 165 Å². The van der Waals surface area contributed by atoms with Crippen LogP contribution in [0.2, 0.25) is 0 Å². The molecule has 2 amide bonds. The standard InChI is InChI=1S/C23H27N3O2/c1-4-16-9-11-18(12-10-16)25-23(28)21(26-22(27)15(2)3)13-17-14-24-20-8-6-5-7-19(17)20/h5-12,14-15,21,24H,4,13H2,1-3H3,(H,25,28)(H,26,27). The molecule has 0 fully saturated rings. The molecule has 0 saturated carbocycles. The molecule has 0 spiro atoms. The summed E-state index contributed by atoms with van der Waals surface area (Å²) in [6.45, 7) is 5.73. The minimum Gasteiger partial charge on any atom is -0.361 e. The Hall–Kier alpha value is -3.08. The van der Waals surface area contributed by atoms with E-state index in [1.165, 1.54) is 5.56 Å². The molecule has 0 aliphatic heterocycles. The number of benzene rings is 2. The van der Waals surface area contributed by atoms with Gasteiger partial charge in [-0.25, -0.2) is 0 Å². The van der Waals surface area contributed by atoms with Gasteiger partial charge < -0.3 is 15.6 Å². The number of fused-ring (bicyclic) bond motifs is 1. The summed E-state index contributed by atoms with van der Waals surface area (Å²) in [5, 5.41) is 6.89. The number of nitrogens with one attached hydrogen (secondary N) is 3. The van der Waals surface area contributed by atoms with Gasteiger partial charge >= 0.3 is 0 Å². The van der Waals surface area contributed by atoms with E-state index in [4.69, 9.17) is 0 Å². The van der Waals surface area contributed by atoms with Crippen molar-refractivity contribution in [1.29, 1.82) is 0 Å². The van der Waals surface area contributed by atoms with Crippen LogP contribution >= 0.6 is 0 Å². The SMILES string of the molecule is CCc1ccc(NC(=O)C(Cc2c[nH]c3ccccc23)NC(=O)C(C)C)cc1. The predicted octanol–water partition coefficient (Wildman–Crippen LogP) is 4.05. The molecule has 28 heavy (non-hydrogen) atoms. The van der Waals surface area contributed by atoms with Crippen LogP contribution in [0.1, 0.15) is 31.9 Å². The second-order valence-electron chi connectivity index (χ2n) is 7.32. The second kappa shape index (κ2) is 8.74. The van der Waals surface area contributed by atoms with E-state index in [9.17, 15) is 9.59 Å². The number of hydrogen-bond donors (Lipinski definition) is 3. The van der Waals surface area contributed by atoms with Crippen molar-refractivity contribution in [2.45, 2.75) is 39.7 Å². The zero-order valence-electron chi connectivity index (χ0n) is 16.6. The average molecular weight is 377 g/mol. The maximum absolute atomic E-state index is 13.0. The van der Waals surface area contributed by atoms with Crippen molar-refractivity contribution < 1.29 is 9.59 Å². The van der Waals surface area contributed by atoms with E-state index in [0.29, 0.717) is 6.42 Å². The lowest BCUT2D eigenvalue weighted by atomic mass is 10.0. The van der Waals surface area contributed by atoms with E-state index in [-0.39, 0.29) is 17.7 Å². The molecule has 1 aromatic heterocycles. The summed E-state index contributed by atoms with van der Waals surface area (Å²) in [5.41, 5.74) is 3.95. The first kappa shape index (κ1) is 19.7. The molecule has 0 bridgehead atoms. The molecule has 146 valence electrons. The molecule has 1 unspecified atom stereocenters. The van der Waals surface area contributed by atoms with E-state index in [1.807, 2.05) is 68.6 Å². The summed E-state index contributed by atoms with van der Waals surface area (Å²) < 4.78 is 0. The zero-order chi connectivity index (χ0) is 20.1. The van der Waals surface area contributed by atoms with E-state index in [0.717, 1.165) is 28.6 Å². The largest absolute Gasteiger partial charge is 0.361 e. The Morgan fingerprint density at radius 1 is 1.00 bits per heavy atom. The molecule has 3 N–H and O–H groups in total. The molecule has 1 heterocycles. The maximum Gasteiger partial charge on any atom is 0.247 e. The highest BCUT2D eigenvalue weighted by molar-refractivity contribution is 5.98. The number of amides is 2. The van der Waals surface area contributed by atoms with E-state index in [1.54, 1.807) is 0 Å². The Kier molecular flexibility index (Phi) is 6.14. The van der Waals surface area contributed by atoms with Crippen molar-refractivity contribution >= 4 is 28.4 Å². The van der Waals surface area contributed by atoms with Crippen molar-refractivity contribution in [2.24, 2.45) is 5.92 Å². The van der Waals surface area contributed by atoms with E-state index >= 15 is 0 Å². The molecule has 2 aromatic carbocycles. The van der Waals surface area contributed by atoms with Gasteiger partial charge in [-0.15, -0.1) is 0 Å². The van der Waals surface area contributed by atoms with Gasteiger partial charge in [-0.05, 0) is 35.7 Å². The molecule has 5 nitrogen and oxygen atoms in total. The summed E-state index contributed by atoms with van der Waals surface area (Å²) in [7, 11) is 0. The summed E-state index contributed by atoms with van der Waals surface area (Å²) in [6, 6.07) is 15.1. The topological polar surface area (TPSA) is 74.0 Å². The molecule has 5 heteroatoms. The fraction of sp³-hybridized carbons (Fsp3) is 0.304. The number of hydrogen-bond acceptors (Lipinski definition) is 2. The number of para-hydroxylation sites is 1. The Morgan fingerprint density at radius 2 is 1.71 bits per heavy atom. The summed E-state index contributed by atoms with van der Waals surface area (Å²) in [6.07, 6.45) is 3.27. The number of carbonyl (C=O) groups is 2. The van der Waals surface area contributed by atoms with Crippen LogP contribution in [0.25, 0.3) is 10.9 Å². The smallest absolute Gasteiger partial charge is 0.247 e. The van der Waals surface area contributed by atoms with Gasteiger partial charge in [0.25, 0.3) is 0 Å². The summed E-state index contributed by atoms with van der Waals surface area (Å²) >= 11 is 0. The van der Waals surface area contributed by atoms with Crippen LogP contribution in [0.4, 0.5) is 5.69 Å². The van der Waals surface area contributed by atoms with Crippen LogP contribution in [0.5, 0.6) is 0 Å². The number of H-pyrrole nitrogens is 1. The van der Waals surface area contributed by atoms with Gasteiger partial charge in [0.05, 0.1) is 0 Å². The number of aromatic nitrogens is 1. The molecule has 3 rings (SSSR count). The van der Waals surface area contributed by atoms with Crippen molar-refractivity contribution in [1.82, 2.24) is 10.3 Å². The first-order valence-electron chi connectivity index (χ1n) is 9.73. The number of rotatable bonds is 7.